The highest BCUT2D eigenvalue weighted by Gasteiger charge is 2.24. The number of nitrogens with one attached hydrogen (secondary N) is 1. The molecule has 1 aromatic carbocycles. The third-order valence-electron chi connectivity index (χ3n) is 3.97. The van der Waals surface area contributed by atoms with Crippen molar-refractivity contribution in [3.63, 3.8) is 0 Å². The molecule has 0 aliphatic carbocycles. The van der Waals surface area contributed by atoms with E-state index in [1.807, 2.05) is 26.0 Å². The van der Waals surface area contributed by atoms with Crippen LogP contribution in [0, 0.1) is 5.92 Å². The fourth-order valence-corrected chi connectivity index (χ4v) is 3.67. The third kappa shape index (κ3) is 4.64. The normalized spacial score (nSPS) is 14.1. The molecule has 2 rings (SSSR count). The van der Waals surface area contributed by atoms with E-state index < -0.39 is 10.0 Å². The highest BCUT2D eigenvalue weighted by Crippen LogP contribution is 2.23. The van der Waals surface area contributed by atoms with Gasteiger partial charge in [-0.3, -0.25) is 0 Å². The molecule has 7 heteroatoms. The van der Waals surface area contributed by atoms with E-state index in [2.05, 4.69) is 35.7 Å². The highest BCUT2D eigenvalue weighted by atomic mass is 32.2. The van der Waals surface area contributed by atoms with Gasteiger partial charge in [-0.15, -0.1) is 0 Å². The lowest BCUT2D eigenvalue weighted by molar-refractivity contribution is 0.361. The van der Waals surface area contributed by atoms with Crippen LogP contribution in [-0.4, -0.2) is 29.5 Å². The second-order valence-electron chi connectivity index (χ2n) is 7.33. The Kier molecular flexibility index (Phi) is 5.45. The lowest BCUT2D eigenvalue weighted by atomic mass is 9.87. The van der Waals surface area contributed by atoms with Gasteiger partial charge in [-0.2, -0.15) is 15.0 Å². The van der Waals surface area contributed by atoms with Crippen LogP contribution in [0.1, 0.15) is 40.2 Å². The van der Waals surface area contributed by atoms with E-state index >= 15 is 0 Å². The summed E-state index contributed by atoms with van der Waals surface area (Å²) in [5, 5.41) is 8.10. The van der Waals surface area contributed by atoms with Crippen LogP contribution in [-0.2, 0) is 22.0 Å². The van der Waals surface area contributed by atoms with Gasteiger partial charge in [-0.25, -0.2) is 13.1 Å². The van der Waals surface area contributed by atoms with Crippen LogP contribution in [0.2, 0.25) is 0 Å². The second-order valence-corrected chi connectivity index (χ2v) is 9.04. The van der Waals surface area contributed by atoms with Crippen LogP contribution in [0.5, 0.6) is 0 Å². The van der Waals surface area contributed by atoms with Crippen molar-refractivity contribution in [1.29, 1.82) is 0 Å². The maximum absolute atomic E-state index is 12.7. The van der Waals surface area contributed by atoms with E-state index in [1.54, 1.807) is 24.5 Å². The average molecular weight is 350 g/mol. The maximum atomic E-state index is 12.7. The average Bonchev–Trinajstić information content (AvgIpc) is 2.98. The van der Waals surface area contributed by atoms with Crippen molar-refractivity contribution in [3.8, 4) is 0 Å². The molecule has 24 heavy (non-hydrogen) atoms. The minimum absolute atomic E-state index is 0.0120. The number of benzene rings is 1. The number of sulfonamides is 1. The number of rotatable bonds is 6. The molecule has 0 spiro atoms. The van der Waals surface area contributed by atoms with Crippen LogP contribution in [0.25, 0.3) is 0 Å². The predicted molar refractivity (Wildman–Crippen MR) is 94.1 cm³/mol. The first-order chi connectivity index (χ1) is 11.1. The van der Waals surface area contributed by atoms with Crippen LogP contribution >= 0.6 is 0 Å². The van der Waals surface area contributed by atoms with Gasteiger partial charge in [0.05, 0.1) is 23.8 Å². The molecule has 1 N–H and O–H groups in total. The van der Waals surface area contributed by atoms with Crippen molar-refractivity contribution in [3.05, 3.63) is 42.2 Å². The van der Waals surface area contributed by atoms with Gasteiger partial charge < -0.3 is 0 Å². The van der Waals surface area contributed by atoms with Gasteiger partial charge in [0, 0.05) is 6.04 Å². The molecule has 1 unspecified atom stereocenters. The molecule has 0 bridgehead atoms. The standard InChI is InChI=1S/C17H26N4O2S/c1-13(2)16(12-21-18-10-11-19-21)20-24(22,23)15-8-6-14(7-9-15)17(3,4)5/h6-11,13,16,20H,12H2,1-5H3. The van der Waals surface area contributed by atoms with Crippen molar-refractivity contribution in [1.82, 2.24) is 19.7 Å². The Labute approximate surface area is 144 Å². The Balaban J connectivity index is 2.19. The number of aromatic nitrogens is 3. The Morgan fingerprint density at radius 3 is 2.08 bits per heavy atom. The molecule has 2 aromatic rings. The van der Waals surface area contributed by atoms with Crippen molar-refractivity contribution in [2.45, 2.75) is 57.5 Å². The van der Waals surface area contributed by atoms with E-state index in [4.69, 9.17) is 0 Å². The van der Waals surface area contributed by atoms with Crippen LogP contribution in [0.3, 0.4) is 0 Å². The summed E-state index contributed by atoms with van der Waals surface area (Å²) in [6.07, 6.45) is 3.16. The van der Waals surface area contributed by atoms with Gasteiger partial charge >= 0.3 is 0 Å². The molecule has 0 saturated heterocycles. The molecule has 0 fully saturated rings. The van der Waals surface area contributed by atoms with E-state index in [0.717, 1.165) is 5.56 Å². The van der Waals surface area contributed by atoms with Crippen LogP contribution in [0.15, 0.2) is 41.6 Å². The fourth-order valence-electron chi connectivity index (χ4n) is 2.30. The summed E-state index contributed by atoms with van der Waals surface area (Å²) in [6.45, 7) is 10.6. The minimum Gasteiger partial charge on any atom is -0.207 e. The second kappa shape index (κ2) is 7.03. The molecule has 6 nitrogen and oxygen atoms in total. The van der Waals surface area contributed by atoms with Gasteiger partial charge in [0.25, 0.3) is 0 Å². The summed E-state index contributed by atoms with van der Waals surface area (Å²) < 4.78 is 28.1. The van der Waals surface area contributed by atoms with Crippen LogP contribution in [0.4, 0.5) is 0 Å². The Morgan fingerprint density at radius 1 is 1.08 bits per heavy atom. The molecule has 0 saturated carbocycles. The van der Waals surface area contributed by atoms with E-state index in [9.17, 15) is 8.42 Å². The van der Waals surface area contributed by atoms with Gasteiger partial charge in [0.2, 0.25) is 10.0 Å². The summed E-state index contributed by atoms with van der Waals surface area (Å²) in [7, 11) is -3.59. The minimum atomic E-state index is -3.59. The first-order valence-electron chi connectivity index (χ1n) is 8.06. The summed E-state index contributed by atoms with van der Waals surface area (Å²) in [4.78, 5) is 1.77. The third-order valence-corrected chi connectivity index (χ3v) is 5.47. The molecule has 0 aliphatic rings. The largest absolute Gasteiger partial charge is 0.240 e. The number of hydrogen-bond donors (Lipinski definition) is 1. The van der Waals surface area contributed by atoms with Crippen LogP contribution < -0.4 is 4.72 Å². The van der Waals surface area contributed by atoms with Crippen molar-refractivity contribution in [2.24, 2.45) is 5.92 Å². The van der Waals surface area contributed by atoms with E-state index in [0.29, 0.717) is 6.54 Å². The van der Waals surface area contributed by atoms with Gasteiger partial charge in [-0.1, -0.05) is 46.8 Å². The quantitative estimate of drug-likeness (QED) is 0.869. The summed E-state index contributed by atoms with van der Waals surface area (Å²) in [5.41, 5.74) is 1.09. The molecule has 1 heterocycles. The predicted octanol–water partition coefficient (Wildman–Crippen LogP) is 2.58. The lowest BCUT2D eigenvalue weighted by Crippen LogP contribution is -2.41. The highest BCUT2D eigenvalue weighted by molar-refractivity contribution is 7.89. The maximum Gasteiger partial charge on any atom is 0.240 e. The van der Waals surface area contributed by atoms with Crippen molar-refractivity contribution >= 4 is 10.0 Å². The first kappa shape index (κ1) is 18.6. The molecule has 0 radical (unpaired) electrons. The number of nitrogens with zero attached hydrogens (tertiary/aromatic N) is 3. The Morgan fingerprint density at radius 2 is 1.62 bits per heavy atom. The zero-order valence-electron chi connectivity index (χ0n) is 14.9. The molecule has 0 amide bonds. The molecular weight excluding hydrogens is 324 g/mol. The van der Waals surface area contributed by atoms with E-state index in [-0.39, 0.29) is 22.3 Å². The smallest absolute Gasteiger partial charge is 0.207 e. The molecule has 0 aliphatic heterocycles. The fraction of sp³-hybridized carbons (Fsp3) is 0.529. The summed E-state index contributed by atoms with van der Waals surface area (Å²) >= 11 is 0. The SMILES string of the molecule is CC(C)C(Cn1nccn1)NS(=O)(=O)c1ccc(C(C)(C)C)cc1. The Hall–Kier alpha value is -1.73. The van der Waals surface area contributed by atoms with Crippen molar-refractivity contribution in [2.75, 3.05) is 0 Å². The topological polar surface area (TPSA) is 76.9 Å². The molecule has 1 atom stereocenters. The van der Waals surface area contributed by atoms with E-state index in [1.165, 1.54) is 4.80 Å². The summed E-state index contributed by atoms with van der Waals surface area (Å²) in [5.74, 6) is 0.111. The number of hydrogen-bond acceptors (Lipinski definition) is 4. The first-order valence-corrected chi connectivity index (χ1v) is 9.55. The zero-order valence-corrected chi connectivity index (χ0v) is 15.7. The molecule has 132 valence electrons. The Bertz CT molecular complexity index is 745. The zero-order chi connectivity index (χ0) is 18.0. The van der Waals surface area contributed by atoms with Crippen molar-refractivity contribution < 1.29 is 8.42 Å². The molecular formula is C17H26N4O2S. The monoisotopic (exact) mass is 350 g/mol. The van der Waals surface area contributed by atoms with Gasteiger partial charge in [-0.05, 0) is 29.0 Å². The molecule has 1 aromatic heterocycles. The summed E-state index contributed by atoms with van der Waals surface area (Å²) in [6, 6.07) is 6.77. The lowest BCUT2D eigenvalue weighted by Gasteiger charge is -2.22. The van der Waals surface area contributed by atoms with Gasteiger partial charge in [0.1, 0.15) is 0 Å². The van der Waals surface area contributed by atoms with Gasteiger partial charge in [0.15, 0.2) is 0 Å².